The third-order valence-electron chi connectivity index (χ3n) is 4.54. The molecule has 1 aromatic heterocycles. The summed E-state index contributed by atoms with van der Waals surface area (Å²) in [4.78, 5) is 42.7. The van der Waals surface area contributed by atoms with E-state index in [2.05, 4.69) is 9.72 Å². The number of carbonyl (C=O) groups excluding carboxylic acids is 2. The Balaban J connectivity index is 1.87. The third-order valence-corrected chi connectivity index (χ3v) is 4.54. The van der Waals surface area contributed by atoms with Gasteiger partial charge in [-0.15, -0.1) is 13.2 Å². The molecular weight excluding hydrogens is 407 g/mol. The Morgan fingerprint density at radius 3 is 2.37 bits per heavy atom. The first-order valence-corrected chi connectivity index (χ1v) is 8.60. The summed E-state index contributed by atoms with van der Waals surface area (Å²) < 4.78 is 40.7. The molecule has 0 unspecified atom stereocenters. The van der Waals surface area contributed by atoms with Gasteiger partial charge in [-0.25, -0.2) is 19.5 Å². The molecule has 2 aromatic rings. The van der Waals surface area contributed by atoms with Crippen LogP contribution < -0.4 is 9.64 Å². The number of carbonyl (C=O) groups is 3. The molecule has 1 aliphatic rings. The number of carboxylic acids is 1. The maximum Gasteiger partial charge on any atom is 0.573 e. The lowest BCUT2D eigenvalue weighted by atomic mass is 10.0. The van der Waals surface area contributed by atoms with Gasteiger partial charge in [-0.05, 0) is 55.8 Å². The Kier molecular flexibility index (Phi) is 5.15. The number of aromatic carboxylic acids is 1. The zero-order valence-electron chi connectivity index (χ0n) is 15.8. The molecule has 1 aromatic carbocycles. The molecule has 0 radical (unpaired) electrons. The topological polar surface area (TPSA) is 100 Å². The van der Waals surface area contributed by atoms with Crippen LogP contribution in [0.5, 0.6) is 5.75 Å². The van der Waals surface area contributed by atoms with Crippen LogP contribution in [0.3, 0.4) is 0 Å². The number of benzene rings is 1. The first kappa shape index (κ1) is 21.1. The summed E-state index contributed by atoms with van der Waals surface area (Å²) in [7, 11) is 0. The van der Waals surface area contributed by atoms with E-state index in [1.807, 2.05) is 0 Å². The fourth-order valence-electron chi connectivity index (χ4n) is 3.00. The maximum absolute atomic E-state index is 13.0. The first-order chi connectivity index (χ1) is 13.9. The third kappa shape index (κ3) is 4.04. The molecule has 3 rings (SSSR count). The average Bonchev–Trinajstić information content (AvgIpc) is 2.81. The van der Waals surface area contributed by atoms with Crippen molar-refractivity contribution in [1.82, 2.24) is 9.88 Å². The highest BCUT2D eigenvalue weighted by molar-refractivity contribution is 6.22. The van der Waals surface area contributed by atoms with E-state index in [4.69, 9.17) is 5.11 Å². The predicted molar refractivity (Wildman–Crippen MR) is 96.8 cm³/mol. The van der Waals surface area contributed by atoms with E-state index < -0.39 is 35.6 Å². The monoisotopic (exact) mass is 423 g/mol. The number of rotatable bonds is 5. The summed E-state index contributed by atoms with van der Waals surface area (Å²) in [6, 6.07) is 6.47. The van der Waals surface area contributed by atoms with Crippen molar-refractivity contribution in [3.05, 3.63) is 53.9 Å². The highest BCUT2D eigenvalue weighted by Gasteiger charge is 2.51. The Morgan fingerprint density at radius 2 is 1.80 bits per heavy atom. The summed E-state index contributed by atoms with van der Waals surface area (Å²) >= 11 is 0. The molecule has 0 aliphatic carbocycles. The van der Waals surface area contributed by atoms with E-state index in [1.54, 1.807) is 0 Å². The van der Waals surface area contributed by atoms with Gasteiger partial charge in [-0.3, -0.25) is 4.79 Å². The minimum absolute atomic E-state index is 0.0634. The lowest BCUT2D eigenvalue weighted by Gasteiger charge is -2.27. The van der Waals surface area contributed by atoms with Crippen LogP contribution in [-0.4, -0.2) is 44.8 Å². The number of halogens is 3. The zero-order chi connectivity index (χ0) is 22.3. The molecule has 1 N–H and O–H groups in total. The van der Waals surface area contributed by atoms with Crippen molar-refractivity contribution in [3.63, 3.8) is 0 Å². The number of nitrogens with zero attached hydrogens (tertiary/aromatic N) is 3. The second-order valence-corrected chi connectivity index (χ2v) is 6.96. The van der Waals surface area contributed by atoms with E-state index in [1.165, 1.54) is 49.2 Å². The molecule has 1 aliphatic heterocycles. The van der Waals surface area contributed by atoms with Gasteiger partial charge in [-0.2, -0.15) is 0 Å². The van der Waals surface area contributed by atoms with E-state index in [0.29, 0.717) is 5.56 Å². The molecule has 3 amide bonds. The summed E-state index contributed by atoms with van der Waals surface area (Å²) in [6.07, 6.45) is -3.58. The van der Waals surface area contributed by atoms with Gasteiger partial charge in [0.25, 0.3) is 5.91 Å². The van der Waals surface area contributed by atoms with Crippen LogP contribution in [0.1, 0.15) is 29.9 Å². The van der Waals surface area contributed by atoms with Crippen molar-refractivity contribution in [2.75, 3.05) is 4.90 Å². The second-order valence-electron chi connectivity index (χ2n) is 6.96. The minimum atomic E-state index is -4.86. The number of amides is 3. The van der Waals surface area contributed by atoms with Crippen LogP contribution in [0.15, 0.2) is 42.6 Å². The summed E-state index contributed by atoms with van der Waals surface area (Å²) in [6.45, 7) is 2.98. The normalized spacial score (nSPS) is 16.2. The summed E-state index contributed by atoms with van der Waals surface area (Å²) in [5.41, 5.74) is -0.950. The standard InChI is InChI=1S/C19H16F3N3O5/c1-18(2)16(28)25(12-3-5-13(6-4-12)30-19(20,21)22)17(29)24(18)10-11-7-8-23-14(9-11)15(26)27/h3-9H,10H2,1-2H3,(H,26,27). The number of alkyl halides is 3. The molecule has 2 heterocycles. The molecule has 0 spiro atoms. The highest BCUT2D eigenvalue weighted by Crippen LogP contribution is 2.34. The lowest BCUT2D eigenvalue weighted by molar-refractivity contribution is -0.274. The Morgan fingerprint density at radius 1 is 1.17 bits per heavy atom. The van der Waals surface area contributed by atoms with Gasteiger partial charge in [-0.1, -0.05) is 0 Å². The number of hydrogen-bond donors (Lipinski definition) is 1. The molecule has 158 valence electrons. The molecule has 8 nitrogen and oxygen atoms in total. The van der Waals surface area contributed by atoms with Gasteiger partial charge in [0.2, 0.25) is 0 Å². The van der Waals surface area contributed by atoms with Crippen molar-refractivity contribution in [2.24, 2.45) is 0 Å². The van der Waals surface area contributed by atoms with Gasteiger partial charge in [0.05, 0.1) is 5.69 Å². The van der Waals surface area contributed by atoms with Crippen molar-refractivity contribution in [2.45, 2.75) is 32.3 Å². The number of carboxylic acid groups (broad SMARTS) is 1. The van der Waals surface area contributed by atoms with Crippen LogP contribution in [0.4, 0.5) is 23.7 Å². The highest BCUT2D eigenvalue weighted by atomic mass is 19.4. The van der Waals surface area contributed by atoms with Crippen molar-refractivity contribution < 1.29 is 37.4 Å². The number of urea groups is 1. The minimum Gasteiger partial charge on any atom is -0.477 e. The first-order valence-electron chi connectivity index (χ1n) is 8.60. The molecular formula is C19H16F3N3O5. The molecule has 0 bridgehead atoms. The number of imide groups is 1. The average molecular weight is 423 g/mol. The SMILES string of the molecule is CC1(C)C(=O)N(c2ccc(OC(F)(F)F)cc2)C(=O)N1Cc1ccnc(C(=O)O)c1. The fraction of sp³-hybridized carbons (Fsp3) is 0.263. The molecule has 11 heteroatoms. The van der Waals surface area contributed by atoms with E-state index in [-0.39, 0.29) is 17.9 Å². The van der Waals surface area contributed by atoms with Crippen LogP contribution in [-0.2, 0) is 11.3 Å². The fourth-order valence-corrected chi connectivity index (χ4v) is 3.00. The van der Waals surface area contributed by atoms with Gasteiger partial charge >= 0.3 is 18.4 Å². The molecule has 1 saturated heterocycles. The van der Waals surface area contributed by atoms with Gasteiger partial charge in [0.1, 0.15) is 17.0 Å². The van der Waals surface area contributed by atoms with Crippen molar-refractivity contribution >= 4 is 23.6 Å². The second kappa shape index (κ2) is 7.32. The van der Waals surface area contributed by atoms with Crippen LogP contribution in [0.25, 0.3) is 0 Å². The largest absolute Gasteiger partial charge is 0.573 e. The lowest BCUT2D eigenvalue weighted by Crippen LogP contribution is -2.43. The number of hydrogen-bond acceptors (Lipinski definition) is 5. The Bertz CT molecular complexity index is 1010. The smallest absolute Gasteiger partial charge is 0.477 e. The maximum atomic E-state index is 13.0. The molecule has 1 fully saturated rings. The zero-order valence-corrected chi connectivity index (χ0v) is 15.8. The van der Waals surface area contributed by atoms with E-state index in [9.17, 15) is 27.6 Å². The van der Waals surface area contributed by atoms with Crippen LogP contribution >= 0.6 is 0 Å². The van der Waals surface area contributed by atoms with Crippen LogP contribution in [0, 0.1) is 0 Å². The number of pyridine rings is 1. The van der Waals surface area contributed by atoms with Crippen LogP contribution in [0.2, 0.25) is 0 Å². The van der Waals surface area contributed by atoms with E-state index in [0.717, 1.165) is 17.0 Å². The summed E-state index contributed by atoms with van der Waals surface area (Å²) in [5.74, 6) is -2.30. The van der Waals surface area contributed by atoms with Gasteiger partial charge in [0, 0.05) is 12.7 Å². The van der Waals surface area contributed by atoms with E-state index >= 15 is 0 Å². The quantitative estimate of drug-likeness (QED) is 0.740. The Hall–Kier alpha value is -3.63. The molecule has 0 saturated carbocycles. The van der Waals surface area contributed by atoms with Crippen molar-refractivity contribution in [3.8, 4) is 5.75 Å². The summed E-state index contributed by atoms with van der Waals surface area (Å²) in [5, 5.41) is 9.06. The molecule has 30 heavy (non-hydrogen) atoms. The predicted octanol–water partition coefficient (Wildman–Crippen LogP) is 3.43. The van der Waals surface area contributed by atoms with Gasteiger partial charge in [0.15, 0.2) is 0 Å². The van der Waals surface area contributed by atoms with Gasteiger partial charge < -0.3 is 14.7 Å². The number of aromatic nitrogens is 1. The number of ether oxygens (including phenoxy) is 1. The van der Waals surface area contributed by atoms with Crippen molar-refractivity contribution in [1.29, 1.82) is 0 Å². The molecule has 0 atom stereocenters. The Labute approximate surface area is 168 Å². The number of anilines is 1.